The molecule has 5 heteroatoms. The number of carbonyl (C=O) groups is 1. The predicted octanol–water partition coefficient (Wildman–Crippen LogP) is 2.09. The lowest BCUT2D eigenvalue weighted by atomic mass is 9.85. The maximum Gasteiger partial charge on any atom is 0.410 e. The van der Waals surface area contributed by atoms with E-state index >= 15 is 0 Å². The van der Waals surface area contributed by atoms with Crippen molar-refractivity contribution in [1.82, 2.24) is 10.2 Å². The van der Waals surface area contributed by atoms with Crippen LogP contribution in [-0.4, -0.2) is 47.9 Å². The summed E-state index contributed by atoms with van der Waals surface area (Å²) in [6, 6.07) is 0. The monoisotopic (exact) mass is 258 g/mol. The Bertz CT molecular complexity index is 321. The molecule has 0 aromatic rings. The van der Waals surface area contributed by atoms with Crippen LogP contribution in [0.15, 0.2) is 0 Å². The number of carbonyl (C=O) groups excluding carboxylic acids is 1. The topological polar surface area (TPSA) is 41.6 Å². The molecule has 2 atom stereocenters. The van der Waals surface area contributed by atoms with Gasteiger partial charge in [0.1, 0.15) is 11.8 Å². The lowest BCUT2D eigenvalue weighted by Crippen LogP contribution is -2.59. The van der Waals surface area contributed by atoms with E-state index in [1.54, 1.807) is 4.90 Å². The quantitative estimate of drug-likeness (QED) is 0.723. The molecule has 1 spiro atoms. The highest BCUT2D eigenvalue weighted by Gasteiger charge is 2.47. The van der Waals surface area contributed by atoms with Crippen molar-refractivity contribution in [3.63, 3.8) is 0 Å². The van der Waals surface area contributed by atoms with Crippen LogP contribution in [0.4, 0.5) is 9.18 Å². The van der Waals surface area contributed by atoms with Gasteiger partial charge in [0.25, 0.3) is 0 Å². The number of hydrogen-bond donors (Lipinski definition) is 1. The van der Waals surface area contributed by atoms with Gasteiger partial charge >= 0.3 is 6.09 Å². The molecule has 2 rings (SSSR count). The van der Waals surface area contributed by atoms with E-state index in [4.69, 9.17) is 4.74 Å². The Hall–Kier alpha value is -0.840. The van der Waals surface area contributed by atoms with Crippen LogP contribution in [0, 0.1) is 0 Å². The lowest BCUT2D eigenvalue weighted by Gasteiger charge is -2.45. The first kappa shape index (κ1) is 13.6. The number of nitrogens with one attached hydrogen (secondary N) is 1. The summed E-state index contributed by atoms with van der Waals surface area (Å²) >= 11 is 0. The Morgan fingerprint density at radius 2 is 2.17 bits per heavy atom. The number of piperidine rings is 1. The van der Waals surface area contributed by atoms with Gasteiger partial charge in [-0.3, -0.25) is 4.90 Å². The van der Waals surface area contributed by atoms with E-state index in [-0.39, 0.29) is 18.2 Å². The molecule has 104 valence electrons. The largest absolute Gasteiger partial charge is 0.444 e. The van der Waals surface area contributed by atoms with E-state index in [2.05, 4.69) is 5.32 Å². The molecule has 2 heterocycles. The summed E-state index contributed by atoms with van der Waals surface area (Å²) in [6.07, 6.45) is 0.845. The molecule has 0 aromatic heterocycles. The van der Waals surface area contributed by atoms with Gasteiger partial charge in [0.15, 0.2) is 0 Å². The van der Waals surface area contributed by atoms with E-state index in [1.165, 1.54) is 0 Å². The second-order valence-electron chi connectivity index (χ2n) is 6.38. The van der Waals surface area contributed by atoms with Crippen molar-refractivity contribution in [2.45, 2.75) is 57.3 Å². The first-order valence-electron chi connectivity index (χ1n) is 6.68. The number of alkyl halides is 1. The minimum absolute atomic E-state index is 0.163. The number of ether oxygens (including phenoxy) is 1. The molecule has 2 saturated heterocycles. The second kappa shape index (κ2) is 4.68. The Morgan fingerprint density at radius 1 is 1.44 bits per heavy atom. The van der Waals surface area contributed by atoms with Crippen LogP contribution < -0.4 is 5.32 Å². The van der Waals surface area contributed by atoms with Crippen molar-refractivity contribution < 1.29 is 13.9 Å². The normalized spacial score (nSPS) is 32.9. The van der Waals surface area contributed by atoms with Crippen LogP contribution in [-0.2, 0) is 4.74 Å². The van der Waals surface area contributed by atoms with Gasteiger partial charge in [-0.05, 0) is 46.6 Å². The van der Waals surface area contributed by atoms with Crippen molar-refractivity contribution in [2.75, 3.05) is 19.6 Å². The SMILES string of the molecule is CC(C)(C)OC(=O)N1CC(F)CCC12CCNC2. The highest BCUT2D eigenvalue weighted by Crippen LogP contribution is 2.35. The number of likely N-dealkylation sites (tertiary alicyclic amines) is 1. The van der Waals surface area contributed by atoms with Crippen molar-refractivity contribution in [2.24, 2.45) is 0 Å². The summed E-state index contributed by atoms with van der Waals surface area (Å²) in [6.45, 7) is 7.30. The predicted molar refractivity (Wildman–Crippen MR) is 67.3 cm³/mol. The van der Waals surface area contributed by atoms with Crippen LogP contribution in [0.2, 0.25) is 0 Å². The average Bonchev–Trinajstić information content (AvgIpc) is 2.69. The number of halogens is 1. The minimum atomic E-state index is -0.927. The van der Waals surface area contributed by atoms with Crippen LogP contribution in [0.5, 0.6) is 0 Å². The Morgan fingerprint density at radius 3 is 2.72 bits per heavy atom. The second-order valence-corrected chi connectivity index (χ2v) is 6.38. The third-order valence-corrected chi connectivity index (χ3v) is 3.71. The fourth-order valence-corrected chi connectivity index (χ4v) is 2.80. The molecule has 1 N–H and O–H groups in total. The van der Waals surface area contributed by atoms with Crippen LogP contribution >= 0.6 is 0 Å². The summed E-state index contributed by atoms with van der Waals surface area (Å²) in [5, 5.41) is 3.27. The number of rotatable bonds is 0. The third-order valence-electron chi connectivity index (χ3n) is 3.71. The van der Waals surface area contributed by atoms with E-state index in [0.29, 0.717) is 6.42 Å². The molecule has 2 aliphatic heterocycles. The number of nitrogens with zero attached hydrogens (tertiary/aromatic N) is 1. The van der Waals surface area contributed by atoms with E-state index in [1.807, 2.05) is 20.8 Å². The first-order valence-corrected chi connectivity index (χ1v) is 6.68. The first-order chi connectivity index (χ1) is 8.32. The van der Waals surface area contributed by atoms with Gasteiger partial charge in [-0.2, -0.15) is 0 Å². The van der Waals surface area contributed by atoms with Crippen molar-refractivity contribution in [3.05, 3.63) is 0 Å². The van der Waals surface area contributed by atoms with Crippen LogP contribution in [0.3, 0.4) is 0 Å². The van der Waals surface area contributed by atoms with E-state index in [9.17, 15) is 9.18 Å². The maximum absolute atomic E-state index is 13.6. The number of amides is 1. The van der Waals surface area contributed by atoms with Gasteiger partial charge in [0.2, 0.25) is 0 Å². The highest BCUT2D eigenvalue weighted by molar-refractivity contribution is 5.69. The van der Waals surface area contributed by atoms with Crippen LogP contribution in [0.1, 0.15) is 40.0 Å². The number of hydrogen-bond acceptors (Lipinski definition) is 3. The molecule has 2 fully saturated rings. The molecular weight excluding hydrogens is 235 g/mol. The summed E-state index contributed by atoms with van der Waals surface area (Å²) in [5.41, 5.74) is -0.765. The molecule has 4 nitrogen and oxygen atoms in total. The van der Waals surface area contributed by atoms with Crippen LogP contribution in [0.25, 0.3) is 0 Å². The molecule has 18 heavy (non-hydrogen) atoms. The van der Waals surface area contributed by atoms with E-state index < -0.39 is 11.8 Å². The summed E-state index contributed by atoms with van der Waals surface area (Å²) in [5.74, 6) is 0. The molecule has 2 unspecified atom stereocenters. The Labute approximate surface area is 108 Å². The van der Waals surface area contributed by atoms with Crippen molar-refractivity contribution in [3.8, 4) is 0 Å². The maximum atomic E-state index is 13.6. The highest BCUT2D eigenvalue weighted by atomic mass is 19.1. The standard InChI is InChI=1S/C13H23FN2O2/c1-12(2,3)18-11(17)16-8-10(14)4-5-13(16)6-7-15-9-13/h10,15H,4-9H2,1-3H3. The van der Waals surface area contributed by atoms with Gasteiger partial charge in [-0.25, -0.2) is 9.18 Å². The van der Waals surface area contributed by atoms with Gasteiger partial charge in [0, 0.05) is 6.54 Å². The van der Waals surface area contributed by atoms with E-state index in [0.717, 1.165) is 25.9 Å². The minimum Gasteiger partial charge on any atom is -0.444 e. The van der Waals surface area contributed by atoms with Gasteiger partial charge in [0.05, 0.1) is 12.1 Å². The molecule has 2 aliphatic rings. The molecule has 0 radical (unpaired) electrons. The van der Waals surface area contributed by atoms with Gasteiger partial charge in [-0.15, -0.1) is 0 Å². The average molecular weight is 258 g/mol. The molecule has 0 aromatic carbocycles. The lowest BCUT2D eigenvalue weighted by molar-refractivity contribution is -0.0249. The zero-order chi connectivity index (χ0) is 13.4. The van der Waals surface area contributed by atoms with Gasteiger partial charge in [-0.1, -0.05) is 0 Å². The van der Waals surface area contributed by atoms with Gasteiger partial charge < -0.3 is 10.1 Å². The fraction of sp³-hybridized carbons (Fsp3) is 0.923. The fourth-order valence-electron chi connectivity index (χ4n) is 2.80. The Balaban J connectivity index is 2.13. The molecule has 0 saturated carbocycles. The summed E-state index contributed by atoms with van der Waals surface area (Å²) < 4.78 is 19.0. The third kappa shape index (κ3) is 2.76. The van der Waals surface area contributed by atoms with Crippen molar-refractivity contribution in [1.29, 1.82) is 0 Å². The molecular formula is C13H23FN2O2. The molecule has 0 bridgehead atoms. The summed E-state index contributed by atoms with van der Waals surface area (Å²) in [4.78, 5) is 13.8. The Kier molecular flexibility index (Phi) is 3.54. The zero-order valence-corrected chi connectivity index (χ0v) is 11.5. The molecule has 1 amide bonds. The molecule has 0 aliphatic carbocycles. The van der Waals surface area contributed by atoms with Crippen molar-refractivity contribution >= 4 is 6.09 Å². The zero-order valence-electron chi connectivity index (χ0n) is 11.5. The summed E-state index contributed by atoms with van der Waals surface area (Å²) in [7, 11) is 0. The smallest absolute Gasteiger partial charge is 0.410 e.